The summed E-state index contributed by atoms with van der Waals surface area (Å²) in [6.07, 6.45) is 20.8. The minimum atomic E-state index is -0.689. The lowest BCUT2D eigenvalue weighted by molar-refractivity contribution is -0.171. The smallest absolute Gasteiger partial charge is 0.308 e. The van der Waals surface area contributed by atoms with Gasteiger partial charge >= 0.3 is 5.97 Å². The van der Waals surface area contributed by atoms with Crippen molar-refractivity contribution in [2.24, 2.45) is 35.0 Å². The van der Waals surface area contributed by atoms with E-state index in [1.807, 2.05) is 0 Å². The summed E-state index contributed by atoms with van der Waals surface area (Å²) < 4.78 is 6.03. The zero-order chi connectivity index (χ0) is 18.4. The Labute approximate surface area is 166 Å². The number of alkyl halides is 1. The molecule has 0 aromatic heterocycles. The summed E-state index contributed by atoms with van der Waals surface area (Å²) in [5.74, 6) is 6.85. The van der Waals surface area contributed by atoms with E-state index in [2.05, 4.69) is 40.9 Å². The van der Waals surface area contributed by atoms with Crippen molar-refractivity contribution in [3.8, 4) is 12.3 Å². The first-order valence-corrected chi connectivity index (χ1v) is 11.6. The van der Waals surface area contributed by atoms with Crippen molar-refractivity contribution in [3.63, 3.8) is 0 Å². The molecule has 0 N–H and O–H groups in total. The van der Waals surface area contributed by atoms with Crippen molar-refractivity contribution in [1.29, 1.82) is 0 Å². The van der Waals surface area contributed by atoms with Crippen LogP contribution < -0.4 is 0 Å². The Morgan fingerprint density at radius 2 is 1.96 bits per heavy atom. The van der Waals surface area contributed by atoms with Gasteiger partial charge in [0.05, 0.1) is 6.42 Å². The highest BCUT2D eigenvalue weighted by Crippen LogP contribution is 2.65. The van der Waals surface area contributed by atoms with E-state index in [1.165, 1.54) is 32.1 Å². The van der Waals surface area contributed by atoms with Crippen LogP contribution in [0.3, 0.4) is 0 Å². The molecule has 7 atom stereocenters. The number of esters is 1. The van der Waals surface area contributed by atoms with Gasteiger partial charge in [0.25, 0.3) is 0 Å². The number of halogens is 1. The molecule has 4 rings (SSSR count). The van der Waals surface area contributed by atoms with Gasteiger partial charge in [-0.25, -0.2) is 0 Å². The number of hydrogen-bond acceptors (Lipinski definition) is 2. The van der Waals surface area contributed by atoms with Gasteiger partial charge in [-0.2, -0.15) is 0 Å². The lowest BCUT2D eigenvalue weighted by atomic mass is 9.49. The second-order valence-electron chi connectivity index (χ2n) is 9.26. The van der Waals surface area contributed by atoms with Crippen molar-refractivity contribution >= 4 is 21.9 Å². The van der Waals surface area contributed by atoms with E-state index in [0.29, 0.717) is 17.7 Å². The van der Waals surface area contributed by atoms with Gasteiger partial charge in [-0.15, -0.1) is 6.42 Å². The highest BCUT2D eigenvalue weighted by atomic mass is 79.9. The van der Waals surface area contributed by atoms with Gasteiger partial charge in [-0.05, 0) is 81.0 Å². The van der Waals surface area contributed by atoms with E-state index in [1.54, 1.807) is 0 Å². The molecule has 1 unspecified atom stereocenters. The summed E-state index contributed by atoms with van der Waals surface area (Å²) >= 11 is 3.34. The van der Waals surface area contributed by atoms with Crippen molar-refractivity contribution in [3.05, 3.63) is 12.2 Å². The molecule has 0 bridgehead atoms. The summed E-state index contributed by atoms with van der Waals surface area (Å²) in [7, 11) is 0. The molecule has 3 fully saturated rings. The summed E-state index contributed by atoms with van der Waals surface area (Å²) in [4.78, 5) is 12.3. The SMILES string of the molecule is C#C[C@]1(OC(=O)CCBr)CC[C@H]2[C@@H]3CCC4CC=CC[C@@H]4[C@H]3CC[C@@]21C. The zero-order valence-electron chi connectivity index (χ0n) is 15.9. The van der Waals surface area contributed by atoms with Crippen molar-refractivity contribution in [2.45, 2.75) is 70.3 Å². The number of terminal acetylenes is 1. The van der Waals surface area contributed by atoms with E-state index >= 15 is 0 Å². The van der Waals surface area contributed by atoms with Crippen molar-refractivity contribution in [1.82, 2.24) is 0 Å². The topological polar surface area (TPSA) is 26.3 Å². The molecule has 142 valence electrons. The minimum Gasteiger partial charge on any atom is -0.445 e. The van der Waals surface area contributed by atoms with Crippen LogP contribution in [0.1, 0.15) is 64.7 Å². The fourth-order valence-corrected chi connectivity index (χ4v) is 7.50. The number of carbonyl (C=O) groups is 1. The van der Waals surface area contributed by atoms with Gasteiger partial charge in [0.2, 0.25) is 0 Å². The minimum absolute atomic E-state index is 0.0533. The molecule has 0 aromatic carbocycles. The predicted octanol–water partition coefficient (Wildman–Crippen LogP) is 5.51. The third-order valence-corrected chi connectivity index (χ3v) is 8.87. The molecule has 0 amide bonds. The van der Waals surface area contributed by atoms with Crippen LogP contribution in [0.25, 0.3) is 0 Å². The van der Waals surface area contributed by atoms with E-state index < -0.39 is 5.60 Å². The number of fused-ring (bicyclic) bond motifs is 5. The maximum absolute atomic E-state index is 12.3. The standard InChI is InChI=1S/C23H31BrO2/c1-3-23(26-21(25)12-15-24)14-11-20-19-9-8-16-6-4-5-7-17(16)18(19)10-13-22(20,23)2/h1,4-5,16-20H,6-15H2,2H3/t16?,17-,18+,19+,20-,22-,23-/m0/s1. The number of rotatable bonds is 3. The Bertz CT molecular complexity index is 635. The average Bonchev–Trinajstić information content (AvgIpc) is 2.94. The molecule has 0 heterocycles. The van der Waals surface area contributed by atoms with Gasteiger partial charge in [0.15, 0.2) is 5.60 Å². The van der Waals surface area contributed by atoms with E-state index in [-0.39, 0.29) is 11.4 Å². The quantitative estimate of drug-likeness (QED) is 0.261. The lowest BCUT2D eigenvalue weighted by Gasteiger charge is -2.56. The molecule has 3 saturated carbocycles. The Kier molecular flexibility index (Phi) is 5.01. The maximum atomic E-state index is 12.3. The average molecular weight is 419 g/mol. The van der Waals surface area contributed by atoms with Gasteiger partial charge in [-0.3, -0.25) is 4.79 Å². The van der Waals surface area contributed by atoms with Crippen LogP contribution in [-0.4, -0.2) is 16.9 Å². The van der Waals surface area contributed by atoms with Gasteiger partial charge in [-0.1, -0.05) is 40.9 Å². The molecule has 0 aromatic rings. The highest BCUT2D eigenvalue weighted by Gasteiger charge is 2.64. The van der Waals surface area contributed by atoms with E-state index in [9.17, 15) is 4.79 Å². The fourth-order valence-electron chi connectivity index (χ4n) is 7.17. The van der Waals surface area contributed by atoms with Gasteiger partial charge in [0.1, 0.15) is 0 Å². The molecule has 3 heteroatoms. The molecular weight excluding hydrogens is 388 g/mol. The van der Waals surface area contributed by atoms with Crippen molar-refractivity contribution in [2.75, 3.05) is 5.33 Å². The molecule has 2 nitrogen and oxygen atoms in total. The Balaban J connectivity index is 1.59. The predicted molar refractivity (Wildman–Crippen MR) is 108 cm³/mol. The van der Waals surface area contributed by atoms with Crippen LogP contribution in [0.5, 0.6) is 0 Å². The molecule has 0 aliphatic heterocycles. The number of carbonyl (C=O) groups excluding carboxylic acids is 1. The third-order valence-electron chi connectivity index (χ3n) is 8.47. The molecule has 0 radical (unpaired) electrons. The molecule has 0 spiro atoms. The number of ether oxygens (including phenoxy) is 1. The van der Waals surface area contributed by atoms with Gasteiger partial charge < -0.3 is 4.74 Å². The molecular formula is C23H31BrO2. The van der Waals surface area contributed by atoms with Gasteiger partial charge in [0, 0.05) is 10.7 Å². The Morgan fingerprint density at radius 1 is 1.15 bits per heavy atom. The van der Waals surface area contributed by atoms with Crippen LogP contribution in [0.2, 0.25) is 0 Å². The van der Waals surface area contributed by atoms with Crippen molar-refractivity contribution < 1.29 is 9.53 Å². The number of hydrogen-bond donors (Lipinski definition) is 0. The van der Waals surface area contributed by atoms with Crippen LogP contribution >= 0.6 is 15.9 Å². The maximum Gasteiger partial charge on any atom is 0.308 e. The zero-order valence-corrected chi connectivity index (χ0v) is 17.5. The first kappa shape index (κ1) is 18.6. The Hall–Kier alpha value is -0.750. The summed E-state index contributed by atoms with van der Waals surface area (Å²) in [5.41, 5.74) is -0.743. The molecule has 26 heavy (non-hydrogen) atoms. The van der Waals surface area contributed by atoms with Crippen LogP contribution in [0.4, 0.5) is 0 Å². The molecule has 4 aliphatic carbocycles. The van der Waals surface area contributed by atoms with Crippen LogP contribution in [-0.2, 0) is 9.53 Å². The first-order chi connectivity index (χ1) is 12.5. The first-order valence-electron chi connectivity index (χ1n) is 10.5. The van der Waals surface area contributed by atoms with Crippen LogP contribution in [0.15, 0.2) is 12.2 Å². The lowest BCUT2D eigenvalue weighted by Crippen LogP contribution is -2.54. The highest BCUT2D eigenvalue weighted by molar-refractivity contribution is 9.09. The third kappa shape index (κ3) is 2.70. The second-order valence-corrected chi connectivity index (χ2v) is 10.1. The largest absolute Gasteiger partial charge is 0.445 e. The summed E-state index contributed by atoms with van der Waals surface area (Å²) in [6.45, 7) is 2.33. The van der Waals surface area contributed by atoms with Crippen LogP contribution in [0, 0.1) is 47.3 Å². The van der Waals surface area contributed by atoms with E-state index in [0.717, 1.165) is 42.9 Å². The molecule has 0 saturated heterocycles. The second kappa shape index (κ2) is 7.01. The number of allylic oxidation sites excluding steroid dienone is 2. The summed E-state index contributed by atoms with van der Waals surface area (Å²) in [6, 6.07) is 0. The summed E-state index contributed by atoms with van der Waals surface area (Å²) in [5, 5.41) is 0.633. The monoisotopic (exact) mass is 418 g/mol. The Morgan fingerprint density at radius 3 is 2.73 bits per heavy atom. The molecule has 4 aliphatic rings. The fraction of sp³-hybridized carbons (Fsp3) is 0.783. The normalized spacial score (nSPS) is 46.6. The van der Waals surface area contributed by atoms with E-state index in [4.69, 9.17) is 11.2 Å².